The predicted octanol–water partition coefficient (Wildman–Crippen LogP) is 3.42. The highest BCUT2D eigenvalue weighted by molar-refractivity contribution is 6.31. The van der Waals surface area contributed by atoms with Crippen LogP contribution < -0.4 is 10.2 Å². The largest absolute Gasteiger partial charge is 0.356 e. The highest BCUT2D eigenvalue weighted by Crippen LogP contribution is 2.22. The molecule has 1 aromatic carbocycles. The van der Waals surface area contributed by atoms with Gasteiger partial charge < -0.3 is 10.2 Å². The van der Waals surface area contributed by atoms with Crippen LogP contribution in [0, 0.1) is 6.92 Å². The number of nitrogens with one attached hydrogen (secondary N) is 1. The van der Waals surface area contributed by atoms with Crippen molar-refractivity contribution >= 4 is 29.1 Å². The number of hydrogen-bond acceptors (Lipinski definition) is 5. The molecular weight excluding hydrogens is 274 g/mol. The SMILES string of the molecule is CCN(CC)c1cnnc(Nc2ccc(C)c(Cl)c2)n1. The van der Waals surface area contributed by atoms with Crippen LogP contribution in [0.4, 0.5) is 17.5 Å². The van der Waals surface area contributed by atoms with Gasteiger partial charge in [-0.05, 0) is 38.5 Å². The highest BCUT2D eigenvalue weighted by atomic mass is 35.5. The third-order valence-electron chi connectivity index (χ3n) is 3.06. The minimum absolute atomic E-state index is 0.467. The van der Waals surface area contributed by atoms with Gasteiger partial charge in [-0.25, -0.2) is 0 Å². The molecule has 0 radical (unpaired) electrons. The second-order valence-electron chi connectivity index (χ2n) is 4.40. The molecule has 0 bridgehead atoms. The average molecular weight is 292 g/mol. The molecule has 0 spiro atoms. The smallest absolute Gasteiger partial charge is 0.249 e. The second kappa shape index (κ2) is 6.52. The van der Waals surface area contributed by atoms with Crippen molar-refractivity contribution in [1.29, 1.82) is 0 Å². The van der Waals surface area contributed by atoms with Crippen molar-refractivity contribution in [2.45, 2.75) is 20.8 Å². The van der Waals surface area contributed by atoms with Gasteiger partial charge in [0, 0.05) is 23.8 Å². The maximum atomic E-state index is 6.10. The minimum atomic E-state index is 0.467. The highest BCUT2D eigenvalue weighted by Gasteiger charge is 2.07. The zero-order valence-corrected chi connectivity index (χ0v) is 12.6. The maximum Gasteiger partial charge on any atom is 0.249 e. The molecular formula is C14H18ClN5. The number of halogens is 1. The first-order valence-corrected chi connectivity index (χ1v) is 6.99. The predicted molar refractivity (Wildman–Crippen MR) is 82.9 cm³/mol. The number of nitrogens with zero attached hydrogens (tertiary/aromatic N) is 4. The van der Waals surface area contributed by atoms with E-state index in [0.717, 1.165) is 30.2 Å². The summed E-state index contributed by atoms with van der Waals surface area (Å²) in [5.74, 6) is 1.28. The Kier molecular flexibility index (Phi) is 4.74. The normalized spacial score (nSPS) is 10.4. The van der Waals surface area contributed by atoms with E-state index in [1.165, 1.54) is 0 Å². The standard InChI is InChI=1S/C14H18ClN5/c1-4-20(5-2)13-9-16-19-14(18-13)17-11-7-6-10(3)12(15)8-11/h6-9H,4-5H2,1-3H3,(H,17,18,19). The van der Waals surface area contributed by atoms with Gasteiger partial charge in [0.05, 0.1) is 6.20 Å². The van der Waals surface area contributed by atoms with Crippen molar-refractivity contribution in [1.82, 2.24) is 15.2 Å². The molecule has 5 nitrogen and oxygen atoms in total. The van der Waals surface area contributed by atoms with Gasteiger partial charge in [-0.3, -0.25) is 0 Å². The molecule has 0 aliphatic carbocycles. The van der Waals surface area contributed by atoms with E-state index >= 15 is 0 Å². The molecule has 1 N–H and O–H groups in total. The van der Waals surface area contributed by atoms with Gasteiger partial charge >= 0.3 is 0 Å². The Hall–Kier alpha value is -1.88. The van der Waals surface area contributed by atoms with Crippen LogP contribution in [0.1, 0.15) is 19.4 Å². The van der Waals surface area contributed by atoms with Gasteiger partial charge in [0.25, 0.3) is 0 Å². The Morgan fingerprint density at radius 3 is 2.65 bits per heavy atom. The number of hydrogen-bond donors (Lipinski definition) is 1. The molecule has 20 heavy (non-hydrogen) atoms. The van der Waals surface area contributed by atoms with E-state index in [1.54, 1.807) is 6.20 Å². The molecule has 2 aromatic rings. The molecule has 0 aliphatic rings. The Morgan fingerprint density at radius 2 is 2.00 bits per heavy atom. The van der Waals surface area contributed by atoms with E-state index in [1.807, 2.05) is 25.1 Å². The summed E-state index contributed by atoms with van der Waals surface area (Å²) < 4.78 is 0. The summed E-state index contributed by atoms with van der Waals surface area (Å²) in [6, 6.07) is 5.74. The van der Waals surface area contributed by atoms with Crippen LogP contribution in [0.3, 0.4) is 0 Å². The third-order valence-corrected chi connectivity index (χ3v) is 3.47. The first-order chi connectivity index (χ1) is 9.63. The Balaban J connectivity index is 2.21. The summed E-state index contributed by atoms with van der Waals surface area (Å²) in [6.07, 6.45) is 1.67. The fraction of sp³-hybridized carbons (Fsp3) is 0.357. The molecule has 0 atom stereocenters. The number of rotatable bonds is 5. The summed E-state index contributed by atoms with van der Waals surface area (Å²) in [5.41, 5.74) is 1.88. The van der Waals surface area contributed by atoms with Crippen LogP contribution >= 0.6 is 11.6 Å². The summed E-state index contributed by atoms with van der Waals surface area (Å²) in [7, 11) is 0. The molecule has 0 saturated carbocycles. The van der Waals surface area contributed by atoms with E-state index in [0.29, 0.717) is 11.0 Å². The van der Waals surface area contributed by atoms with E-state index in [9.17, 15) is 0 Å². The molecule has 2 rings (SSSR count). The molecule has 1 aromatic heterocycles. The Morgan fingerprint density at radius 1 is 1.25 bits per heavy atom. The lowest BCUT2D eigenvalue weighted by Crippen LogP contribution is -2.23. The number of anilines is 3. The van der Waals surface area contributed by atoms with Crippen LogP contribution in [0.25, 0.3) is 0 Å². The van der Waals surface area contributed by atoms with Gasteiger partial charge in [-0.2, -0.15) is 10.1 Å². The number of benzene rings is 1. The van der Waals surface area contributed by atoms with Gasteiger partial charge in [0.1, 0.15) is 0 Å². The van der Waals surface area contributed by atoms with E-state index in [4.69, 9.17) is 11.6 Å². The first-order valence-electron chi connectivity index (χ1n) is 6.61. The van der Waals surface area contributed by atoms with E-state index < -0.39 is 0 Å². The molecule has 106 valence electrons. The van der Waals surface area contributed by atoms with Crippen LogP contribution in [0.5, 0.6) is 0 Å². The van der Waals surface area contributed by atoms with Crippen molar-refractivity contribution in [2.75, 3.05) is 23.3 Å². The van der Waals surface area contributed by atoms with Crippen molar-refractivity contribution in [3.63, 3.8) is 0 Å². The number of aryl methyl sites for hydroxylation is 1. The lowest BCUT2D eigenvalue weighted by atomic mass is 10.2. The molecule has 6 heteroatoms. The number of aromatic nitrogens is 3. The lowest BCUT2D eigenvalue weighted by molar-refractivity contribution is 0.826. The Bertz CT molecular complexity index is 584. The molecule has 0 fully saturated rings. The van der Waals surface area contributed by atoms with Crippen molar-refractivity contribution in [2.24, 2.45) is 0 Å². The quantitative estimate of drug-likeness (QED) is 0.915. The molecule has 0 unspecified atom stereocenters. The summed E-state index contributed by atoms with van der Waals surface area (Å²) in [6.45, 7) is 7.89. The third kappa shape index (κ3) is 3.36. The molecule has 0 aliphatic heterocycles. The fourth-order valence-corrected chi connectivity index (χ4v) is 2.03. The van der Waals surface area contributed by atoms with Gasteiger partial charge in [-0.15, -0.1) is 5.10 Å². The molecule has 0 saturated heterocycles. The average Bonchev–Trinajstić information content (AvgIpc) is 2.45. The van der Waals surface area contributed by atoms with Crippen molar-refractivity contribution < 1.29 is 0 Å². The van der Waals surface area contributed by atoms with Crippen molar-refractivity contribution in [3.8, 4) is 0 Å². The summed E-state index contributed by atoms with van der Waals surface area (Å²) in [5, 5.41) is 11.8. The fourth-order valence-electron chi connectivity index (χ4n) is 1.85. The van der Waals surface area contributed by atoms with Crippen LogP contribution in [-0.2, 0) is 0 Å². The van der Waals surface area contributed by atoms with Crippen LogP contribution in [0.2, 0.25) is 5.02 Å². The zero-order chi connectivity index (χ0) is 14.5. The summed E-state index contributed by atoms with van der Waals surface area (Å²) >= 11 is 6.10. The van der Waals surface area contributed by atoms with Gasteiger partial charge in [0.15, 0.2) is 5.82 Å². The topological polar surface area (TPSA) is 53.9 Å². The zero-order valence-electron chi connectivity index (χ0n) is 11.9. The molecule has 0 amide bonds. The lowest BCUT2D eigenvalue weighted by Gasteiger charge is -2.19. The Labute approximate surface area is 124 Å². The first kappa shape index (κ1) is 14.5. The second-order valence-corrected chi connectivity index (χ2v) is 4.81. The van der Waals surface area contributed by atoms with E-state index in [-0.39, 0.29) is 0 Å². The van der Waals surface area contributed by atoms with Crippen LogP contribution in [-0.4, -0.2) is 28.3 Å². The van der Waals surface area contributed by atoms with Crippen LogP contribution in [0.15, 0.2) is 24.4 Å². The monoisotopic (exact) mass is 291 g/mol. The van der Waals surface area contributed by atoms with E-state index in [2.05, 4.69) is 39.2 Å². The van der Waals surface area contributed by atoms with Crippen molar-refractivity contribution in [3.05, 3.63) is 35.0 Å². The minimum Gasteiger partial charge on any atom is -0.356 e. The maximum absolute atomic E-state index is 6.10. The molecule has 1 heterocycles. The van der Waals surface area contributed by atoms with Gasteiger partial charge in [-0.1, -0.05) is 17.7 Å². The summed E-state index contributed by atoms with van der Waals surface area (Å²) in [4.78, 5) is 6.57. The van der Waals surface area contributed by atoms with Gasteiger partial charge in [0.2, 0.25) is 5.95 Å².